The Morgan fingerprint density at radius 3 is 2.58 bits per heavy atom. The van der Waals surface area contributed by atoms with E-state index in [4.69, 9.17) is 27.7 Å². The first-order chi connectivity index (χ1) is 17.4. The highest BCUT2D eigenvalue weighted by atomic mass is 32.2. The average Bonchev–Trinajstić information content (AvgIpc) is 3.49. The summed E-state index contributed by atoms with van der Waals surface area (Å²) in [5.41, 5.74) is 2.93. The third-order valence-corrected chi connectivity index (χ3v) is 6.96. The van der Waals surface area contributed by atoms with Gasteiger partial charge in [0.25, 0.3) is 0 Å². The lowest BCUT2D eigenvalue weighted by Gasteiger charge is -2.24. The molecule has 0 saturated carbocycles. The van der Waals surface area contributed by atoms with Gasteiger partial charge in [0.2, 0.25) is 0 Å². The number of carbonyl (C=O) groups is 1. The fourth-order valence-corrected chi connectivity index (χ4v) is 5.11. The minimum Gasteiger partial charge on any atom is -0.488 e. The molecular weight excluding hydrogens is 504 g/mol. The van der Waals surface area contributed by atoms with Crippen LogP contribution in [0, 0.1) is 6.92 Å². The van der Waals surface area contributed by atoms with Gasteiger partial charge in [-0.05, 0) is 31.2 Å². The number of hydrogen-bond donors (Lipinski definition) is 2. The van der Waals surface area contributed by atoms with E-state index in [1.165, 1.54) is 17.3 Å². The Balaban J connectivity index is 0.000000967. The first kappa shape index (κ1) is 25.9. The van der Waals surface area contributed by atoms with Crippen molar-refractivity contribution in [2.45, 2.75) is 37.5 Å². The van der Waals surface area contributed by atoms with Gasteiger partial charge < -0.3 is 24.3 Å². The molecule has 5 rings (SSSR count). The normalized spacial score (nSPS) is 17.7. The minimum absolute atomic E-state index is 0.0395. The zero-order valence-corrected chi connectivity index (χ0v) is 21.2. The van der Waals surface area contributed by atoms with E-state index in [0.717, 1.165) is 46.0 Å². The van der Waals surface area contributed by atoms with Gasteiger partial charge in [0, 0.05) is 29.5 Å². The first-order valence-electron chi connectivity index (χ1n) is 11.5. The minimum atomic E-state index is -0.800. The number of benzene rings is 2. The molecule has 2 N–H and O–H groups in total. The van der Waals surface area contributed by atoms with E-state index in [-0.39, 0.29) is 17.8 Å². The summed E-state index contributed by atoms with van der Waals surface area (Å²) in [4.78, 5) is 19.1. The summed E-state index contributed by atoms with van der Waals surface area (Å²) in [6.07, 6.45) is 1.88. The van der Waals surface area contributed by atoms with Crippen molar-refractivity contribution >= 4 is 45.2 Å². The molecule has 3 heterocycles. The highest BCUT2D eigenvalue weighted by Crippen LogP contribution is 2.37. The fraction of sp³-hybridized carbons (Fsp3) is 0.360. The smallest absolute Gasteiger partial charge is 0.335 e. The summed E-state index contributed by atoms with van der Waals surface area (Å²) in [5.74, 6) is 1.40. The van der Waals surface area contributed by atoms with Crippen LogP contribution in [0.15, 0.2) is 47.5 Å². The molecule has 2 aromatic carbocycles. The molecule has 2 aliphatic heterocycles. The molecule has 0 bridgehead atoms. The summed E-state index contributed by atoms with van der Waals surface area (Å²) in [7, 11) is 0. The molecular formula is C25H26N2O7S2. The second kappa shape index (κ2) is 12.2. The number of carboxylic acids is 1. The number of aliphatic imine (C=N–C) groups is 1. The molecule has 1 aromatic heterocycles. The summed E-state index contributed by atoms with van der Waals surface area (Å²) in [5, 5.41) is 10.8. The molecule has 1 saturated heterocycles. The number of carboxylic acid groups (broad SMARTS) is 1. The zero-order chi connectivity index (χ0) is 25.5. The van der Waals surface area contributed by atoms with Gasteiger partial charge in [0.05, 0.1) is 37.4 Å². The quantitative estimate of drug-likeness (QED) is 0.457. The molecule has 11 heteroatoms. The second-order valence-electron chi connectivity index (χ2n) is 8.46. The Morgan fingerprint density at radius 2 is 1.89 bits per heavy atom. The van der Waals surface area contributed by atoms with Gasteiger partial charge in [-0.15, -0.1) is 0 Å². The van der Waals surface area contributed by atoms with E-state index in [1.54, 1.807) is 0 Å². The van der Waals surface area contributed by atoms with Gasteiger partial charge >= 0.3 is 17.5 Å². The van der Waals surface area contributed by atoms with Crippen molar-refractivity contribution in [3.8, 4) is 17.2 Å². The van der Waals surface area contributed by atoms with Crippen LogP contribution in [-0.4, -0.2) is 60.6 Å². The second-order valence-corrected chi connectivity index (χ2v) is 9.89. The van der Waals surface area contributed by atoms with Crippen LogP contribution in [0.1, 0.15) is 30.5 Å². The molecule has 1 atom stereocenters. The number of aromatic amines is 1. The number of aliphatic carboxylic acids is 1. The summed E-state index contributed by atoms with van der Waals surface area (Å²) >= 11 is 0.756. The summed E-state index contributed by atoms with van der Waals surface area (Å²) in [6.45, 7) is 3.94. The van der Waals surface area contributed by atoms with Crippen LogP contribution >= 0.6 is 11.8 Å². The number of ether oxygens (including phenoxy) is 3. The van der Waals surface area contributed by atoms with Crippen molar-refractivity contribution in [1.82, 2.24) is 4.98 Å². The maximum Gasteiger partial charge on any atom is 0.335 e. The van der Waals surface area contributed by atoms with Crippen LogP contribution in [0.2, 0.25) is 0 Å². The van der Waals surface area contributed by atoms with E-state index in [0.29, 0.717) is 25.5 Å². The van der Waals surface area contributed by atoms with Gasteiger partial charge in [-0.1, -0.05) is 29.5 Å². The molecule has 3 aromatic rings. The van der Waals surface area contributed by atoms with Crippen LogP contribution in [0.4, 0.5) is 0 Å². The Hall–Kier alpha value is -3.15. The molecule has 190 valence electrons. The van der Waals surface area contributed by atoms with Gasteiger partial charge in [0.1, 0.15) is 28.4 Å². The molecule has 1 fully saturated rings. The number of hydrogen-bond acceptors (Lipinski definition) is 8. The molecule has 0 amide bonds. The standard InChI is InChI=1S/C25H26N2O5S.O2S/c1-15-2-4-17(5-3-15)31-19-10-16-11-21(25-26-14-20(33-25)13-23(28)29)27-24(16)22(12-19)32-18-6-8-30-9-7-18;1-3-2/h2-5,10-12,18,20,27H,6-9,13-14H2,1H3,(H,28,29);. The van der Waals surface area contributed by atoms with Crippen LogP contribution < -0.4 is 9.47 Å². The monoisotopic (exact) mass is 530 g/mol. The fourth-order valence-electron chi connectivity index (χ4n) is 4.03. The van der Waals surface area contributed by atoms with Gasteiger partial charge in [-0.3, -0.25) is 9.79 Å². The van der Waals surface area contributed by atoms with E-state index in [9.17, 15) is 4.79 Å². The van der Waals surface area contributed by atoms with Gasteiger partial charge in [-0.2, -0.15) is 8.42 Å². The summed E-state index contributed by atoms with van der Waals surface area (Å²) < 4.78 is 34.6. The number of nitrogens with one attached hydrogen (secondary N) is 1. The molecule has 36 heavy (non-hydrogen) atoms. The highest BCUT2D eigenvalue weighted by Gasteiger charge is 2.25. The van der Waals surface area contributed by atoms with Gasteiger partial charge in [-0.25, -0.2) is 0 Å². The molecule has 0 radical (unpaired) electrons. The number of fused-ring (bicyclic) bond motifs is 1. The molecule has 1 unspecified atom stereocenters. The Morgan fingerprint density at radius 1 is 1.17 bits per heavy atom. The Labute approximate surface area is 215 Å². The molecule has 9 nitrogen and oxygen atoms in total. The largest absolute Gasteiger partial charge is 0.488 e. The summed E-state index contributed by atoms with van der Waals surface area (Å²) in [6, 6.07) is 13.9. The van der Waals surface area contributed by atoms with Crippen molar-refractivity contribution in [1.29, 1.82) is 0 Å². The average molecular weight is 531 g/mol. The predicted molar refractivity (Wildman–Crippen MR) is 138 cm³/mol. The van der Waals surface area contributed by atoms with Crippen LogP contribution in [0.25, 0.3) is 10.9 Å². The molecule has 0 spiro atoms. The third kappa shape index (κ3) is 6.74. The maximum atomic E-state index is 11.1. The molecule has 2 aliphatic rings. The van der Waals surface area contributed by atoms with Crippen molar-refractivity contribution in [2.24, 2.45) is 4.99 Å². The van der Waals surface area contributed by atoms with Crippen molar-refractivity contribution in [3.63, 3.8) is 0 Å². The lowest BCUT2D eigenvalue weighted by atomic mass is 10.1. The predicted octanol–water partition coefficient (Wildman–Crippen LogP) is 4.49. The van der Waals surface area contributed by atoms with Crippen molar-refractivity contribution in [3.05, 3.63) is 53.7 Å². The first-order valence-corrected chi connectivity index (χ1v) is 13.0. The van der Waals surface area contributed by atoms with Crippen molar-refractivity contribution < 1.29 is 32.5 Å². The number of aromatic nitrogens is 1. The number of thioether (sulfide) groups is 1. The Kier molecular flexibility index (Phi) is 8.79. The van der Waals surface area contributed by atoms with E-state index < -0.39 is 17.5 Å². The van der Waals surface area contributed by atoms with E-state index >= 15 is 0 Å². The number of nitrogens with zero attached hydrogens (tertiary/aromatic N) is 1. The van der Waals surface area contributed by atoms with Crippen molar-refractivity contribution in [2.75, 3.05) is 19.8 Å². The van der Waals surface area contributed by atoms with E-state index in [1.807, 2.05) is 49.4 Å². The SMILES string of the molecule is Cc1ccc(Oc2cc(OC3CCOCC3)c3[nH]c(C4=NCC(CC(=O)O)S4)cc3c2)cc1.O=S=O. The van der Waals surface area contributed by atoms with Crippen LogP contribution in [0.3, 0.4) is 0 Å². The number of aryl methyl sites for hydroxylation is 1. The maximum absolute atomic E-state index is 11.1. The lowest BCUT2D eigenvalue weighted by molar-refractivity contribution is -0.136. The zero-order valence-electron chi connectivity index (χ0n) is 19.6. The van der Waals surface area contributed by atoms with E-state index in [2.05, 4.69) is 9.98 Å². The highest BCUT2D eigenvalue weighted by molar-refractivity contribution is 8.15. The molecule has 0 aliphatic carbocycles. The number of H-pyrrole nitrogens is 1. The van der Waals surface area contributed by atoms with Gasteiger partial charge in [0.15, 0.2) is 0 Å². The Bertz CT molecular complexity index is 1280. The third-order valence-electron chi connectivity index (χ3n) is 5.73. The topological polar surface area (TPSA) is 127 Å². The number of rotatable bonds is 7. The van der Waals surface area contributed by atoms with Crippen LogP contribution in [-0.2, 0) is 21.1 Å². The lowest BCUT2D eigenvalue weighted by Crippen LogP contribution is -2.25. The van der Waals surface area contributed by atoms with Crippen LogP contribution in [0.5, 0.6) is 17.2 Å².